The molecule has 1 aliphatic rings. The van der Waals surface area contributed by atoms with Crippen molar-refractivity contribution in [2.24, 2.45) is 11.8 Å². The number of aliphatic carboxylic acids is 1. The smallest absolute Gasteiger partial charge is 0.307 e. The second-order valence-electron chi connectivity index (χ2n) is 3.08. The molecule has 0 aromatic rings. The fraction of sp³-hybridized carbons (Fsp3) is 0.714. The first-order valence-corrected chi connectivity index (χ1v) is 4.12. The summed E-state index contributed by atoms with van der Waals surface area (Å²) in [6, 6.07) is 0. The van der Waals surface area contributed by atoms with E-state index in [4.69, 9.17) is 10.9 Å². The number of carboxylic acids is 1. The lowest BCUT2D eigenvalue weighted by Crippen LogP contribution is -2.52. The molecule has 1 amide bonds. The van der Waals surface area contributed by atoms with E-state index in [1.165, 1.54) is 5.01 Å². The molecule has 3 N–H and O–H groups in total. The number of amides is 1. The standard InChI is InChI=1S/C7H13N3O3/c8-10(5-11)9-3-1-2-6(4-9)7(12)13/h5-6H,1-4,8H2,(H,12,13). The van der Waals surface area contributed by atoms with E-state index in [1.807, 2.05) is 0 Å². The zero-order valence-corrected chi connectivity index (χ0v) is 7.22. The van der Waals surface area contributed by atoms with Crippen LogP contribution in [0.15, 0.2) is 0 Å². The Bertz CT molecular complexity index is 209. The van der Waals surface area contributed by atoms with Crippen LogP contribution in [0.3, 0.4) is 0 Å². The van der Waals surface area contributed by atoms with Crippen molar-refractivity contribution in [1.82, 2.24) is 10.1 Å². The number of carbonyl (C=O) groups is 2. The molecule has 1 rings (SSSR count). The maximum atomic E-state index is 10.6. The third-order valence-electron chi connectivity index (χ3n) is 2.18. The molecule has 1 fully saturated rings. The lowest BCUT2D eigenvalue weighted by molar-refractivity contribution is -0.152. The van der Waals surface area contributed by atoms with Crippen LogP contribution in [0, 0.1) is 5.92 Å². The highest BCUT2D eigenvalue weighted by Crippen LogP contribution is 2.16. The van der Waals surface area contributed by atoms with Crippen molar-refractivity contribution in [1.29, 1.82) is 0 Å². The first kappa shape index (κ1) is 9.94. The van der Waals surface area contributed by atoms with Crippen molar-refractivity contribution in [3.8, 4) is 0 Å². The van der Waals surface area contributed by atoms with Gasteiger partial charge in [-0.25, -0.2) is 16.0 Å². The fourth-order valence-electron chi connectivity index (χ4n) is 1.44. The molecule has 6 nitrogen and oxygen atoms in total. The Balaban J connectivity index is 2.50. The van der Waals surface area contributed by atoms with Crippen LogP contribution >= 0.6 is 0 Å². The lowest BCUT2D eigenvalue weighted by atomic mass is 10.00. The summed E-state index contributed by atoms with van der Waals surface area (Å²) in [5.74, 6) is 4.06. The Hall–Kier alpha value is -1.14. The molecule has 0 aliphatic carbocycles. The number of piperidine rings is 1. The van der Waals surface area contributed by atoms with Gasteiger partial charge in [-0.05, 0) is 12.8 Å². The largest absolute Gasteiger partial charge is 0.481 e. The maximum Gasteiger partial charge on any atom is 0.307 e. The monoisotopic (exact) mass is 187 g/mol. The highest BCUT2D eigenvalue weighted by Gasteiger charge is 2.27. The second kappa shape index (κ2) is 4.20. The van der Waals surface area contributed by atoms with Gasteiger partial charge in [-0.15, -0.1) is 0 Å². The van der Waals surface area contributed by atoms with Gasteiger partial charge in [0, 0.05) is 13.1 Å². The number of nitrogens with two attached hydrogens (primary N) is 1. The summed E-state index contributed by atoms with van der Waals surface area (Å²) < 4.78 is 0. The zero-order chi connectivity index (χ0) is 9.84. The molecular weight excluding hydrogens is 174 g/mol. The van der Waals surface area contributed by atoms with Crippen LogP contribution in [0.25, 0.3) is 0 Å². The van der Waals surface area contributed by atoms with Gasteiger partial charge in [0.1, 0.15) is 0 Å². The van der Waals surface area contributed by atoms with E-state index in [0.29, 0.717) is 25.9 Å². The van der Waals surface area contributed by atoms with Gasteiger partial charge in [-0.3, -0.25) is 9.59 Å². The Morgan fingerprint density at radius 2 is 2.38 bits per heavy atom. The molecule has 0 bridgehead atoms. The molecule has 1 atom stereocenters. The molecule has 1 aliphatic heterocycles. The van der Waals surface area contributed by atoms with Crippen LogP contribution in [0.1, 0.15) is 12.8 Å². The van der Waals surface area contributed by atoms with E-state index in [1.54, 1.807) is 0 Å². The van der Waals surface area contributed by atoms with Gasteiger partial charge in [-0.2, -0.15) is 0 Å². The summed E-state index contributed by atoms with van der Waals surface area (Å²) in [6.07, 6.45) is 1.88. The summed E-state index contributed by atoms with van der Waals surface area (Å²) in [6.45, 7) is 0.948. The zero-order valence-electron chi connectivity index (χ0n) is 7.22. The van der Waals surface area contributed by atoms with E-state index in [0.717, 1.165) is 11.5 Å². The van der Waals surface area contributed by atoms with Gasteiger partial charge >= 0.3 is 5.97 Å². The third kappa shape index (κ3) is 2.40. The van der Waals surface area contributed by atoms with Crippen LogP contribution in [-0.2, 0) is 9.59 Å². The van der Waals surface area contributed by atoms with E-state index in [2.05, 4.69) is 0 Å². The second-order valence-corrected chi connectivity index (χ2v) is 3.08. The third-order valence-corrected chi connectivity index (χ3v) is 2.18. The summed E-state index contributed by atoms with van der Waals surface area (Å²) in [4.78, 5) is 20.9. The normalized spacial score (nSPS) is 23.9. The number of carbonyl (C=O) groups excluding carboxylic acids is 1. The van der Waals surface area contributed by atoms with E-state index >= 15 is 0 Å². The number of hydrogen-bond acceptors (Lipinski definition) is 4. The van der Waals surface area contributed by atoms with Crippen molar-refractivity contribution in [3.63, 3.8) is 0 Å². The number of hydrogen-bond donors (Lipinski definition) is 2. The highest BCUT2D eigenvalue weighted by atomic mass is 16.4. The minimum Gasteiger partial charge on any atom is -0.481 e. The quantitative estimate of drug-likeness (QED) is 0.257. The van der Waals surface area contributed by atoms with Gasteiger partial charge in [0.05, 0.1) is 5.92 Å². The van der Waals surface area contributed by atoms with Crippen molar-refractivity contribution < 1.29 is 14.7 Å². The van der Waals surface area contributed by atoms with Crippen LogP contribution in [0.4, 0.5) is 0 Å². The molecule has 1 heterocycles. The van der Waals surface area contributed by atoms with Gasteiger partial charge in [0.15, 0.2) is 0 Å². The molecular formula is C7H13N3O3. The SMILES string of the molecule is NN(C=O)N1CCCC(C(=O)O)C1. The molecule has 74 valence electrons. The molecule has 0 aromatic heterocycles. The van der Waals surface area contributed by atoms with Crippen LogP contribution in [-0.4, -0.2) is 40.7 Å². The molecule has 6 heteroatoms. The molecule has 0 spiro atoms. The highest BCUT2D eigenvalue weighted by molar-refractivity contribution is 5.70. The predicted molar refractivity (Wildman–Crippen MR) is 44.0 cm³/mol. The average Bonchev–Trinajstić information content (AvgIpc) is 2.17. The van der Waals surface area contributed by atoms with Gasteiger partial charge in [0.2, 0.25) is 6.41 Å². The Kier molecular flexibility index (Phi) is 3.21. The van der Waals surface area contributed by atoms with Crippen molar-refractivity contribution in [2.75, 3.05) is 13.1 Å². The molecule has 1 saturated heterocycles. The average molecular weight is 187 g/mol. The Labute approximate surface area is 75.8 Å². The van der Waals surface area contributed by atoms with Crippen LogP contribution in [0.2, 0.25) is 0 Å². The van der Waals surface area contributed by atoms with E-state index < -0.39 is 11.9 Å². The van der Waals surface area contributed by atoms with Crippen molar-refractivity contribution in [2.45, 2.75) is 12.8 Å². The first-order valence-electron chi connectivity index (χ1n) is 4.12. The number of carboxylic acid groups (broad SMARTS) is 1. The number of hydrazine groups is 2. The van der Waals surface area contributed by atoms with Gasteiger partial charge in [0.25, 0.3) is 0 Å². The fourth-order valence-corrected chi connectivity index (χ4v) is 1.44. The first-order chi connectivity index (χ1) is 6.15. The van der Waals surface area contributed by atoms with Crippen molar-refractivity contribution >= 4 is 12.4 Å². The molecule has 13 heavy (non-hydrogen) atoms. The van der Waals surface area contributed by atoms with Gasteiger partial charge in [-0.1, -0.05) is 0 Å². The van der Waals surface area contributed by atoms with Crippen LogP contribution < -0.4 is 5.84 Å². The topological polar surface area (TPSA) is 86.9 Å². The molecule has 1 unspecified atom stereocenters. The molecule has 0 radical (unpaired) electrons. The lowest BCUT2D eigenvalue weighted by Gasteiger charge is -2.33. The summed E-state index contributed by atoms with van der Waals surface area (Å²) >= 11 is 0. The van der Waals surface area contributed by atoms with Crippen molar-refractivity contribution in [3.05, 3.63) is 0 Å². The predicted octanol–water partition coefficient (Wildman–Crippen LogP) is -0.970. The minimum atomic E-state index is -0.830. The summed E-state index contributed by atoms with van der Waals surface area (Å²) in [5.41, 5.74) is 0. The van der Waals surface area contributed by atoms with Crippen LogP contribution in [0.5, 0.6) is 0 Å². The number of nitrogens with zero attached hydrogens (tertiary/aromatic N) is 2. The Morgan fingerprint density at radius 1 is 1.69 bits per heavy atom. The minimum absolute atomic E-state index is 0.310. The molecule has 0 aromatic carbocycles. The Morgan fingerprint density at radius 3 is 2.92 bits per heavy atom. The number of rotatable bonds is 3. The van der Waals surface area contributed by atoms with Gasteiger partial charge < -0.3 is 5.11 Å². The van der Waals surface area contributed by atoms with E-state index in [9.17, 15) is 9.59 Å². The molecule has 0 saturated carbocycles. The summed E-state index contributed by atoms with van der Waals surface area (Å²) in [7, 11) is 0. The van der Waals surface area contributed by atoms with E-state index in [-0.39, 0.29) is 0 Å². The summed E-state index contributed by atoms with van der Waals surface area (Å²) in [5, 5.41) is 11.2. The maximum absolute atomic E-state index is 10.6.